The summed E-state index contributed by atoms with van der Waals surface area (Å²) in [5, 5.41) is 0.438. The molecule has 2 aliphatic rings. The number of halogens is 4. The van der Waals surface area contributed by atoms with Crippen LogP contribution in [0.5, 0.6) is 0 Å². The molecule has 1 aromatic carbocycles. The Kier molecular flexibility index (Phi) is 5.56. The van der Waals surface area contributed by atoms with Crippen molar-refractivity contribution < 1.29 is 27.5 Å². The van der Waals surface area contributed by atoms with E-state index in [0.717, 1.165) is 4.57 Å². The molecule has 0 spiro atoms. The fourth-order valence-corrected chi connectivity index (χ4v) is 4.48. The van der Waals surface area contributed by atoms with Gasteiger partial charge in [0.15, 0.2) is 0 Å². The van der Waals surface area contributed by atoms with Gasteiger partial charge < -0.3 is 14.2 Å². The predicted molar refractivity (Wildman–Crippen MR) is 114 cm³/mol. The van der Waals surface area contributed by atoms with E-state index in [1.807, 2.05) is 0 Å². The summed E-state index contributed by atoms with van der Waals surface area (Å²) in [6.07, 6.45) is -2.68. The summed E-state index contributed by atoms with van der Waals surface area (Å²) in [5.41, 5.74) is -1.31. The van der Waals surface area contributed by atoms with Crippen molar-refractivity contribution >= 4 is 23.5 Å². The lowest BCUT2D eigenvalue weighted by Gasteiger charge is -2.27. The van der Waals surface area contributed by atoms with Crippen LogP contribution in [0.2, 0.25) is 5.02 Å². The zero-order valence-corrected chi connectivity index (χ0v) is 18.8. The quantitative estimate of drug-likeness (QED) is 0.516. The summed E-state index contributed by atoms with van der Waals surface area (Å²) in [6.45, 7) is 3.22. The molecule has 0 unspecified atom stereocenters. The Morgan fingerprint density at radius 3 is 2.28 bits per heavy atom. The molecule has 0 bridgehead atoms. The number of esters is 1. The Balaban J connectivity index is 1.91. The summed E-state index contributed by atoms with van der Waals surface area (Å²) < 4.78 is 48.8. The van der Waals surface area contributed by atoms with Crippen LogP contribution in [0.15, 0.2) is 24.3 Å². The van der Waals surface area contributed by atoms with Gasteiger partial charge >= 0.3 is 12.1 Å². The maximum absolute atomic E-state index is 14.2. The molecule has 0 aliphatic heterocycles. The average molecular weight is 469 g/mol. The van der Waals surface area contributed by atoms with Gasteiger partial charge in [-0.3, -0.25) is 4.79 Å². The van der Waals surface area contributed by atoms with Crippen LogP contribution in [0, 0.1) is 6.92 Å². The average Bonchev–Trinajstić information content (AvgIpc) is 3.64. The van der Waals surface area contributed by atoms with Crippen LogP contribution >= 0.6 is 11.6 Å². The van der Waals surface area contributed by atoms with Crippen molar-refractivity contribution in [2.75, 3.05) is 13.7 Å². The third-order valence-electron chi connectivity index (χ3n) is 6.29. The summed E-state index contributed by atoms with van der Waals surface area (Å²) in [4.78, 5) is 27.6. The Morgan fingerprint density at radius 1 is 1.22 bits per heavy atom. The van der Waals surface area contributed by atoms with Gasteiger partial charge in [0.2, 0.25) is 0 Å². The van der Waals surface area contributed by atoms with Gasteiger partial charge in [0.25, 0.3) is 5.91 Å². The number of rotatable bonds is 6. The molecule has 0 atom stereocenters. The Labute approximate surface area is 189 Å². The van der Waals surface area contributed by atoms with Crippen LogP contribution in [-0.4, -0.2) is 40.5 Å². The van der Waals surface area contributed by atoms with E-state index >= 15 is 0 Å². The van der Waals surface area contributed by atoms with E-state index in [2.05, 4.69) is 0 Å². The second-order valence-electron chi connectivity index (χ2n) is 8.42. The van der Waals surface area contributed by atoms with Crippen molar-refractivity contribution in [2.24, 2.45) is 0 Å². The van der Waals surface area contributed by atoms with Crippen molar-refractivity contribution in [3.63, 3.8) is 0 Å². The van der Waals surface area contributed by atoms with Gasteiger partial charge in [-0.1, -0.05) is 23.7 Å². The normalized spacial score (nSPS) is 17.2. The fourth-order valence-electron chi connectivity index (χ4n) is 4.35. The highest BCUT2D eigenvalue weighted by Crippen LogP contribution is 2.50. The standard InChI is InChI=1S/C23H24ClF3N2O3/c1-4-32-21(31)22(11-12-22)28(3)20(30)18-17(14-5-7-15(24)8-6-14)13(2)19(23(25,26)27)29(18)16-9-10-16/h5-8,16H,4,9-12H2,1-3H3. The summed E-state index contributed by atoms with van der Waals surface area (Å²) in [6, 6.07) is 5.97. The van der Waals surface area contributed by atoms with E-state index < -0.39 is 35.3 Å². The molecule has 0 N–H and O–H groups in total. The molecule has 172 valence electrons. The minimum atomic E-state index is -4.64. The van der Waals surface area contributed by atoms with Crippen LogP contribution in [0.4, 0.5) is 13.2 Å². The molecule has 0 saturated heterocycles. The first-order valence-electron chi connectivity index (χ1n) is 10.6. The maximum atomic E-state index is 14.2. The van der Waals surface area contributed by atoms with Gasteiger partial charge in [-0.15, -0.1) is 0 Å². The molecule has 1 heterocycles. The highest BCUT2D eigenvalue weighted by atomic mass is 35.5. The topological polar surface area (TPSA) is 51.5 Å². The van der Waals surface area contributed by atoms with E-state index in [-0.39, 0.29) is 23.4 Å². The van der Waals surface area contributed by atoms with Gasteiger partial charge in [-0.2, -0.15) is 13.2 Å². The van der Waals surface area contributed by atoms with Crippen LogP contribution in [-0.2, 0) is 15.7 Å². The Hall–Kier alpha value is -2.48. The van der Waals surface area contributed by atoms with Crippen LogP contribution in [0.25, 0.3) is 11.1 Å². The van der Waals surface area contributed by atoms with E-state index in [1.165, 1.54) is 18.9 Å². The van der Waals surface area contributed by atoms with Crippen molar-refractivity contribution in [1.82, 2.24) is 9.47 Å². The van der Waals surface area contributed by atoms with Crippen LogP contribution in [0.1, 0.15) is 60.4 Å². The Morgan fingerprint density at radius 2 is 1.81 bits per heavy atom. The third-order valence-corrected chi connectivity index (χ3v) is 6.54. The number of carbonyl (C=O) groups excluding carboxylic acids is 2. The molecule has 2 saturated carbocycles. The van der Waals surface area contributed by atoms with Crippen molar-refractivity contribution in [3.05, 3.63) is 46.2 Å². The molecule has 0 radical (unpaired) electrons. The smallest absolute Gasteiger partial charge is 0.431 e. The van der Waals surface area contributed by atoms with Gasteiger partial charge in [0, 0.05) is 23.7 Å². The van der Waals surface area contributed by atoms with Gasteiger partial charge in [0.05, 0.1) is 6.61 Å². The zero-order valence-electron chi connectivity index (χ0n) is 18.1. The first-order valence-corrected chi connectivity index (χ1v) is 10.9. The fraction of sp³-hybridized carbons (Fsp3) is 0.478. The minimum Gasteiger partial charge on any atom is -0.464 e. The largest absolute Gasteiger partial charge is 0.464 e. The van der Waals surface area contributed by atoms with Crippen LogP contribution < -0.4 is 0 Å². The predicted octanol–water partition coefficient (Wildman–Crippen LogP) is 5.64. The van der Waals surface area contributed by atoms with Crippen molar-refractivity contribution in [2.45, 2.75) is 57.3 Å². The lowest BCUT2D eigenvalue weighted by molar-refractivity contribution is -0.150. The lowest BCUT2D eigenvalue weighted by atomic mass is 10.00. The number of alkyl halides is 3. The van der Waals surface area contributed by atoms with Crippen LogP contribution in [0.3, 0.4) is 0 Å². The van der Waals surface area contributed by atoms with E-state index in [4.69, 9.17) is 16.3 Å². The number of hydrogen-bond donors (Lipinski definition) is 0. The summed E-state index contributed by atoms with van der Waals surface area (Å²) in [7, 11) is 1.46. The molecule has 1 aromatic heterocycles. The number of nitrogens with zero attached hydrogens (tertiary/aromatic N) is 2. The SMILES string of the molecule is CCOC(=O)C1(N(C)C(=O)c2c(-c3ccc(Cl)cc3)c(C)c(C(F)(F)F)n2C2CC2)CC1. The van der Waals surface area contributed by atoms with E-state index in [0.29, 0.717) is 36.3 Å². The number of amides is 1. The number of benzene rings is 1. The minimum absolute atomic E-state index is 0.00976. The summed E-state index contributed by atoms with van der Waals surface area (Å²) >= 11 is 5.98. The third kappa shape index (κ3) is 3.68. The highest BCUT2D eigenvalue weighted by molar-refractivity contribution is 6.30. The molecule has 1 amide bonds. The zero-order chi connectivity index (χ0) is 23.4. The van der Waals surface area contributed by atoms with Crippen molar-refractivity contribution in [1.29, 1.82) is 0 Å². The van der Waals surface area contributed by atoms with Gasteiger partial charge in [-0.05, 0) is 62.8 Å². The number of hydrogen-bond acceptors (Lipinski definition) is 3. The van der Waals surface area contributed by atoms with Crippen molar-refractivity contribution in [3.8, 4) is 11.1 Å². The molecule has 2 aliphatic carbocycles. The number of ether oxygens (including phenoxy) is 1. The molecule has 4 rings (SSSR count). The van der Waals surface area contributed by atoms with Gasteiger partial charge in [0.1, 0.15) is 16.9 Å². The molecule has 2 aromatic rings. The van der Waals surface area contributed by atoms with E-state index in [9.17, 15) is 22.8 Å². The maximum Gasteiger partial charge on any atom is 0.431 e. The molecular formula is C23H24ClF3N2O3. The highest BCUT2D eigenvalue weighted by Gasteiger charge is 2.57. The summed E-state index contributed by atoms with van der Waals surface area (Å²) in [5.74, 6) is -1.15. The molecular weight excluding hydrogens is 445 g/mol. The number of aromatic nitrogens is 1. The second kappa shape index (κ2) is 7.83. The second-order valence-corrected chi connectivity index (χ2v) is 8.86. The Bertz CT molecular complexity index is 1070. The number of likely N-dealkylation sites (N-methyl/N-ethyl adjacent to an activating group) is 1. The lowest BCUT2D eigenvalue weighted by Crippen LogP contribution is -2.46. The molecule has 9 heteroatoms. The number of carbonyl (C=O) groups is 2. The van der Waals surface area contributed by atoms with E-state index in [1.54, 1.807) is 31.2 Å². The van der Waals surface area contributed by atoms with Gasteiger partial charge in [-0.25, -0.2) is 4.79 Å². The molecule has 5 nitrogen and oxygen atoms in total. The first kappa shape index (κ1) is 22.7. The molecule has 32 heavy (non-hydrogen) atoms. The first-order chi connectivity index (χ1) is 15.0. The molecule has 2 fully saturated rings. The monoisotopic (exact) mass is 468 g/mol.